The molecule has 15 heavy (non-hydrogen) atoms. The second-order valence-corrected chi connectivity index (χ2v) is 3.56. The topological polar surface area (TPSA) is 52.6 Å². The first-order valence-corrected chi connectivity index (χ1v) is 4.96. The Hall–Kier alpha value is -1.32. The van der Waals surface area contributed by atoms with Gasteiger partial charge in [0.15, 0.2) is 5.41 Å². The zero-order valence-corrected chi connectivity index (χ0v) is 9.33. The molecule has 0 bridgehead atoms. The maximum absolute atomic E-state index is 11.7. The van der Waals surface area contributed by atoms with Crippen LogP contribution in [0.4, 0.5) is 0 Å². The Bertz CT molecular complexity index is 288. The van der Waals surface area contributed by atoms with Crippen molar-refractivity contribution in [3.05, 3.63) is 11.6 Å². The molecule has 0 aliphatic heterocycles. The van der Waals surface area contributed by atoms with Crippen LogP contribution in [0, 0.1) is 5.41 Å². The van der Waals surface area contributed by atoms with E-state index in [1.807, 2.05) is 6.92 Å². The van der Waals surface area contributed by atoms with Crippen LogP contribution in [0.25, 0.3) is 0 Å². The molecule has 84 valence electrons. The van der Waals surface area contributed by atoms with Crippen LogP contribution in [0.3, 0.4) is 0 Å². The fraction of sp³-hybridized carbons (Fsp3) is 0.636. The zero-order valence-electron chi connectivity index (χ0n) is 9.33. The summed E-state index contributed by atoms with van der Waals surface area (Å²) in [5.41, 5.74) is -0.376. The number of carbonyl (C=O) groups excluding carboxylic acids is 2. The Morgan fingerprint density at radius 1 is 1.27 bits per heavy atom. The van der Waals surface area contributed by atoms with Crippen LogP contribution < -0.4 is 0 Å². The van der Waals surface area contributed by atoms with Gasteiger partial charge >= 0.3 is 11.9 Å². The molecule has 1 aliphatic carbocycles. The minimum atomic E-state index is -1.18. The molecule has 0 aromatic rings. The molecule has 0 unspecified atom stereocenters. The van der Waals surface area contributed by atoms with Gasteiger partial charge in [0.2, 0.25) is 0 Å². The van der Waals surface area contributed by atoms with E-state index >= 15 is 0 Å². The average molecular weight is 212 g/mol. The van der Waals surface area contributed by atoms with Gasteiger partial charge in [-0.2, -0.15) is 0 Å². The smallest absolute Gasteiger partial charge is 0.327 e. The van der Waals surface area contributed by atoms with Gasteiger partial charge in [-0.1, -0.05) is 6.08 Å². The van der Waals surface area contributed by atoms with Crippen molar-refractivity contribution in [1.29, 1.82) is 0 Å². The molecule has 0 aromatic heterocycles. The third-order valence-corrected chi connectivity index (χ3v) is 2.96. The quantitative estimate of drug-likeness (QED) is 0.395. The summed E-state index contributed by atoms with van der Waals surface area (Å²) in [5, 5.41) is 0. The van der Waals surface area contributed by atoms with Gasteiger partial charge in [0, 0.05) is 0 Å². The fourth-order valence-electron chi connectivity index (χ4n) is 2.21. The van der Waals surface area contributed by atoms with Crippen molar-refractivity contribution in [2.24, 2.45) is 5.41 Å². The van der Waals surface area contributed by atoms with E-state index in [1.165, 1.54) is 14.2 Å². The molecule has 4 heteroatoms. The summed E-state index contributed by atoms with van der Waals surface area (Å²) >= 11 is 0. The van der Waals surface area contributed by atoms with Crippen molar-refractivity contribution in [3.63, 3.8) is 0 Å². The van der Waals surface area contributed by atoms with Crippen molar-refractivity contribution < 1.29 is 19.1 Å². The number of allylic oxidation sites excluding steroid dienone is 1. The lowest BCUT2D eigenvalue weighted by molar-refractivity contribution is -0.165. The molecule has 0 N–H and O–H groups in total. The summed E-state index contributed by atoms with van der Waals surface area (Å²) in [6.07, 6.45) is 3.84. The van der Waals surface area contributed by atoms with E-state index in [0.717, 1.165) is 18.4 Å². The van der Waals surface area contributed by atoms with Crippen molar-refractivity contribution in [1.82, 2.24) is 0 Å². The monoisotopic (exact) mass is 212 g/mol. The molecule has 0 amide bonds. The number of methoxy groups -OCH3 is 2. The molecular weight excluding hydrogens is 196 g/mol. The fourth-order valence-corrected chi connectivity index (χ4v) is 2.21. The summed E-state index contributed by atoms with van der Waals surface area (Å²) in [6, 6.07) is 0. The third kappa shape index (κ3) is 1.64. The molecule has 0 aromatic carbocycles. The maximum atomic E-state index is 11.7. The van der Waals surface area contributed by atoms with E-state index in [0.29, 0.717) is 6.42 Å². The molecule has 1 rings (SSSR count). The van der Waals surface area contributed by atoms with Crippen LogP contribution in [-0.4, -0.2) is 26.2 Å². The van der Waals surface area contributed by atoms with Gasteiger partial charge in [0.05, 0.1) is 14.2 Å². The predicted octanol–water partition coefficient (Wildman–Crippen LogP) is 1.45. The Labute approximate surface area is 89.2 Å². The van der Waals surface area contributed by atoms with E-state index in [2.05, 4.69) is 0 Å². The Kier molecular flexibility index (Phi) is 3.50. The van der Waals surface area contributed by atoms with Crippen molar-refractivity contribution >= 4 is 11.9 Å². The molecule has 0 heterocycles. The standard InChI is InChI=1S/C11H16O4/c1-4-8-6-5-7-11(8,9(12)14-2)10(13)15-3/h4H,5-7H2,1-3H3/b8-4+. The lowest BCUT2D eigenvalue weighted by Gasteiger charge is -2.24. The van der Waals surface area contributed by atoms with E-state index in [9.17, 15) is 9.59 Å². The van der Waals surface area contributed by atoms with Gasteiger partial charge < -0.3 is 9.47 Å². The molecule has 1 saturated carbocycles. The number of esters is 2. The molecule has 1 fully saturated rings. The first-order valence-electron chi connectivity index (χ1n) is 4.96. The molecule has 4 nitrogen and oxygen atoms in total. The summed E-state index contributed by atoms with van der Waals surface area (Å²) in [7, 11) is 2.58. The number of ether oxygens (including phenoxy) is 2. The summed E-state index contributed by atoms with van der Waals surface area (Å²) in [4.78, 5) is 23.5. The van der Waals surface area contributed by atoms with Crippen LogP contribution in [0.5, 0.6) is 0 Å². The first-order chi connectivity index (χ1) is 7.13. The highest BCUT2D eigenvalue weighted by Gasteiger charge is 2.53. The number of hydrogen-bond acceptors (Lipinski definition) is 4. The molecule has 0 saturated heterocycles. The molecule has 1 aliphatic rings. The zero-order chi connectivity index (χ0) is 11.5. The van der Waals surface area contributed by atoms with Crippen LogP contribution in [0.2, 0.25) is 0 Å². The Balaban J connectivity index is 3.17. The van der Waals surface area contributed by atoms with E-state index in [1.54, 1.807) is 6.08 Å². The number of carbonyl (C=O) groups is 2. The highest BCUT2D eigenvalue weighted by Crippen LogP contribution is 2.44. The molecule has 0 radical (unpaired) electrons. The van der Waals surface area contributed by atoms with Gasteiger partial charge in [0.25, 0.3) is 0 Å². The number of rotatable bonds is 2. The van der Waals surface area contributed by atoms with Gasteiger partial charge in [-0.05, 0) is 31.8 Å². The van der Waals surface area contributed by atoms with Crippen molar-refractivity contribution in [2.75, 3.05) is 14.2 Å². The van der Waals surface area contributed by atoms with Gasteiger partial charge in [-0.15, -0.1) is 0 Å². The van der Waals surface area contributed by atoms with Crippen LogP contribution in [0.1, 0.15) is 26.2 Å². The molecule has 0 spiro atoms. The maximum Gasteiger partial charge on any atom is 0.327 e. The van der Waals surface area contributed by atoms with Crippen LogP contribution in [0.15, 0.2) is 11.6 Å². The first kappa shape index (κ1) is 11.8. The van der Waals surface area contributed by atoms with Crippen molar-refractivity contribution in [2.45, 2.75) is 26.2 Å². The van der Waals surface area contributed by atoms with E-state index in [4.69, 9.17) is 9.47 Å². The Morgan fingerprint density at radius 3 is 2.20 bits per heavy atom. The molecule has 0 atom stereocenters. The number of hydrogen-bond donors (Lipinski definition) is 0. The van der Waals surface area contributed by atoms with Gasteiger partial charge in [0.1, 0.15) is 0 Å². The van der Waals surface area contributed by atoms with Crippen molar-refractivity contribution in [3.8, 4) is 0 Å². The van der Waals surface area contributed by atoms with E-state index in [-0.39, 0.29) is 0 Å². The predicted molar refractivity (Wildman–Crippen MR) is 54.1 cm³/mol. The van der Waals surface area contributed by atoms with Crippen LogP contribution >= 0.6 is 0 Å². The minimum absolute atomic E-state index is 0.478. The highest BCUT2D eigenvalue weighted by molar-refractivity contribution is 6.04. The summed E-state index contributed by atoms with van der Waals surface area (Å²) in [6.45, 7) is 1.82. The normalized spacial score (nSPS) is 21.4. The average Bonchev–Trinajstić information content (AvgIpc) is 2.71. The second kappa shape index (κ2) is 4.47. The van der Waals surface area contributed by atoms with Gasteiger partial charge in [-0.3, -0.25) is 9.59 Å². The summed E-state index contributed by atoms with van der Waals surface area (Å²) < 4.78 is 9.42. The lowest BCUT2D eigenvalue weighted by atomic mass is 9.82. The highest BCUT2D eigenvalue weighted by atomic mass is 16.5. The largest absolute Gasteiger partial charge is 0.468 e. The molecular formula is C11H16O4. The minimum Gasteiger partial charge on any atom is -0.468 e. The van der Waals surface area contributed by atoms with Gasteiger partial charge in [-0.25, -0.2) is 0 Å². The third-order valence-electron chi connectivity index (χ3n) is 2.96. The van der Waals surface area contributed by atoms with E-state index < -0.39 is 17.4 Å². The SMILES string of the molecule is C/C=C1\CCCC1(C(=O)OC)C(=O)OC. The van der Waals surface area contributed by atoms with Crippen LogP contribution in [-0.2, 0) is 19.1 Å². The summed E-state index contributed by atoms with van der Waals surface area (Å²) in [5.74, 6) is -1.03. The Morgan fingerprint density at radius 2 is 1.80 bits per heavy atom. The second-order valence-electron chi connectivity index (χ2n) is 3.56. The lowest BCUT2D eigenvalue weighted by Crippen LogP contribution is -2.40.